The van der Waals surface area contributed by atoms with Gasteiger partial charge in [-0.15, -0.1) is 11.3 Å². The standard InChI is InChI=1S/C14H16F3N3OS/c1-19-4-2-3-10(19)11-8-21-6-5-20(11)7-13-18-12(9-22-13)14(15,16)17/h2-4,9,11H,5-8H2,1H3/t11-/m0/s1. The molecule has 0 saturated carbocycles. The molecule has 0 bridgehead atoms. The summed E-state index contributed by atoms with van der Waals surface area (Å²) in [5.41, 5.74) is 0.281. The highest BCUT2D eigenvalue weighted by atomic mass is 32.1. The maximum absolute atomic E-state index is 12.6. The Morgan fingerprint density at radius 1 is 1.45 bits per heavy atom. The molecule has 2 aromatic rings. The quantitative estimate of drug-likeness (QED) is 0.866. The summed E-state index contributed by atoms with van der Waals surface area (Å²) in [5.74, 6) is 0. The van der Waals surface area contributed by atoms with E-state index in [1.54, 1.807) is 0 Å². The minimum atomic E-state index is -4.38. The zero-order chi connectivity index (χ0) is 15.7. The number of hydrogen-bond acceptors (Lipinski definition) is 4. The van der Waals surface area contributed by atoms with Gasteiger partial charge in [-0.3, -0.25) is 4.90 Å². The molecular formula is C14H16F3N3OS. The minimum Gasteiger partial charge on any atom is -0.378 e. The second-order valence-corrected chi connectivity index (χ2v) is 6.17. The lowest BCUT2D eigenvalue weighted by Gasteiger charge is -2.35. The number of aromatic nitrogens is 2. The van der Waals surface area contributed by atoms with E-state index in [4.69, 9.17) is 4.74 Å². The summed E-state index contributed by atoms with van der Waals surface area (Å²) in [7, 11) is 1.95. The van der Waals surface area contributed by atoms with Crippen LogP contribution in [0.2, 0.25) is 0 Å². The van der Waals surface area contributed by atoms with Gasteiger partial charge in [0.05, 0.1) is 25.8 Å². The van der Waals surface area contributed by atoms with E-state index in [9.17, 15) is 13.2 Å². The third kappa shape index (κ3) is 3.18. The van der Waals surface area contributed by atoms with E-state index in [-0.39, 0.29) is 6.04 Å². The average molecular weight is 331 g/mol. The van der Waals surface area contributed by atoms with Crippen LogP contribution in [0.5, 0.6) is 0 Å². The number of alkyl halides is 3. The highest BCUT2D eigenvalue weighted by molar-refractivity contribution is 7.09. The van der Waals surface area contributed by atoms with Gasteiger partial charge in [0.25, 0.3) is 0 Å². The van der Waals surface area contributed by atoms with Crippen molar-refractivity contribution < 1.29 is 17.9 Å². The lowest BCUT2D eigenvalue weighted by molar-refractivity contribution is -0.140. The molecule has 0 spiro atoms. The third-order valence-electron chi connectivity index (χ3n) is 3.75. The van der Waals surface area contributed by atoms with Crippen LogP contribution in [0.25, 0.3) is 0 Å². The largest absolute Gasteiger partial charge is 0.434 e. The van der Waals surface area contributed by atoms with Crippen LogP contribution in [0.1, 0.15) is 22.4 Å². The first-order valence-electron chi connectivity index (χ1n) is 6.90. The number of morpholine rings is 1. The number of nitrogens with zero attached hydrogens (tertiary/aromatic N) is 3. The second-order valence-electron chi connectivity index (χ2n) is 5.23. The summed E-state index contributed by atoms with van der Waals surface area (Å²) in [5, 5.41) is 1.56. The van der Waals surface area contributed by atoms with Crippen molar-refractivity contribution in [2.75, 3.05) is 19.8 Å². The zero-order valence-corrected chi connectivity index (χ0v) is 12.8. The minimum absolute atomic E-state index is 0.0342. The topological polar surface area (TPSA) is 30.3 Å². The van der Waals surface area contributed by atoms with Gasteiger partial charge in [-0.25, -0.2) is 4.98 Å². The van der Waals surface area contributed by atoms with Gasteiger partial charge in [0, 0.05) is 30.9 Å². The molecule has 120 valence electrons. The van der Waals surface area contributed by atoms with Crippen LogP contribution in [-0.2, 0) is 24.5 Å². The molecule has 4 nitrogen and oxygen atoms in total. The fraction of sp³-hybridized carbons (Fsp3) is 0.500. The molecule has 0 radical (unpaired) electrons. The summed E-state index contributed by atoms with van der Waals surface area (Å²) in [4.78, 5) is 5.84. The van der Waals surface area contributed by atoms with E-state index in [0.29, 0.717) is 31.3 Å². The summed E-state index contributed by atoms with van der Waals surface area (Å²) in [6.07, 6.45) is -2.43. The summed E-state index contributed by atoms with van der Waals surface area (Å²) < 4.78 is 45.5. The first-order chi connectivity index (χ1) is 10.4. The second kappa shape index (κ2) is 6.02. The normalized spacial score (nSPS) is 20.5. The Labute approximate surface area is 130 Å². The van der Waals surface area contributed by atoms with Gasteiger partial charge in [-0.05, 0) is 12.1 Å². The fourth-order valence-corrected chi connectivity index (χ4v) is 3.43. The number of hydrogen-bond donors (Lipinski definition) is 0. The van der Waals surface area contributed by atoms with Crippen molar-refractivity contribution in [2.45, 2.75) is 18.8 Å². The van der Waals surface area contributed by atoms with E-state index in [1.807, 2.05) is 29.9 Å². The van der Waals surface area contributed by atoms with Crippen molar-refractivity contribution in [3.8, 4) is 0 Å². The molecule has 22 heavy (non-hydrogen) atoms. The van der Waals surface area contributed by atoms with Crippen LogP contribution in [-0.4, -0.2) is 34.2 Å². The maximum Gasteiger partial charge on any atom is 0.434 e. The summed E-state index contributed by atoms with van der Waals surface area (Å²) in [6.45, 7) is 2.20. The molecule has 1 saturated heterocycles. The number of rotatable bonds is 3. The number of ether oxygens (including phenoxy) is 1. The molecule has 0 amide bonds. The first kappa shape index (κ1) is 15.5. The Balaban J connectivity index is 1.77. The van der Waals surface area contributed by atoms with Crippen LogP contribution in [0.3, 0.4) is 0 Å². The van der Waals surface area contributed by atoms with E-state index >= 15 is 0 Å². The molecule has 1 aliphatic rings. The molecule has 2 aromatic heterocycles. The van der Waals surface area contributed by atoms with E-state index in [1.165, 1.54) is 0 Å². The Morgan fingerprint density at radius 3 is 2.91 bits per heavy atom. The van der Waals surface area contributed by atoms with Gasteiger partial charge in [-0.2, -0.15) is 13.2 Å². The molecule has 0 unspecified atom stereocenters. The van der Waals surface area contributed by atoms with Gasteiger partial charge in [0.2, 0.25) is 0 Å². The summed E-state index contributed by atoms with van der Waals surface area (Å²) in [6, 6.07) is 4.00. The van der Waals surface area contributed by atoms with Gasteiger partial charge in [0.1, 0.15) is 5.01 Å². The lowest BCUT2D eigenvalue weighted by atomic mass is 10.1. The fourth-order valence-electron chi connectivity index (χ4n) is 2.61. The molecule has 1 aliphatic heterocycles. The van der Waals surface area contributed by atoms with Crippen molar-refractivity contribution in [1.82, 2.24) is 14.5 Å². The van der Waals surface area contributed by atoms with E-state index in [0.717, 1.165) is 22.4 Å². The molecule has 3 rings (SSSR count). The Morgan fingerprint density at radius 2 is 2.27 bits per heavy atom. The SMILES string of the molecule is Cn1cccc1[C@@H]1COCCN1Cc1nc(C(F)(F)F)cs1. The van der Waals surface area contributed by atoms with Crippen LogP contribution >= 0.6 is 11.3 Å². The Kier molecular flexibility index (Phi) is 4.24. The zero-order valence-electron chi connectivity index (χ0n) is 12.0. The molecule has 1 fully saturated rings. The number of thiazole rings is 1. The van der Waals surface area contributed by atoms with Gasteiger partial charge in [-0.1, -0.05) is 0 Å². The van der Waals surface area contributed by atoms with Crippen LogP contribution in [0.4, 0.5) is 13.2 Å². The Hall–Kier alpha value is -1.38. The van der Waals surface area contributed by atoms with Crippen molar-refractivity contribution in [3.05, 3.63) is 40.1 Å². The Bertz CT molecular complexity index is 637. The molecule has 0 aromatic carbocycles. The predicted octanol–water partition coefficient (Wildman–Crippen LogP) is 3.07. The third-order valence-corrected chi connectivity index (χ3v) is 4.58. The van der Waals surface area contributed by atoms with Crippen LogP contribution in [0, 0.1) is 0 Å². The van der Waals surface area contributed by atoms with Crippen LogP contribution < -0.4 is 0 Å². The highest BCUT2D eigenvalue weighted by Gasteiger charge is 2.34. The van der Waals surface area contributed by atoms with Crippen molar-refractivity contribution >= 4 is 11.3 Å². The highest BCUT2D eigenvalue weighted by Crippen LogP contribution is 2.32. The lowest BCUT2D eigenvalue weighted by Crippen LogP contribution is -2.39. The number of halogens is 3. The first-order valence-corrected chi connectivity index (χ1v) is 7.78. The molecule has 0 aliphatic carbocycles. The van der Waals surface area contributed by atoms with Gasteiger partial charge >= 0.3 is 6.18 Å². The average Bonchev–Trinajstić information content (AvgIpc) is 3.08. The smallest absolute Gasteiger partial charge is 0.378 e. The van der Waals surface area contributed by atoms with E-state index < -0.39 is 11.9 Å². The van der Waals surface area contributed by atoms with Crippen molar-refractivity contribution in [3.63, 3.8) is 0 Å². The van der Waals surface area contributed by atoms with Gasteiger partial charge < -0.3 is 9.30 Å². The van der Waals surface area contributed by atoms with Crippen molar-refractivity contribution in [2.24, 2.45) is 7.05 Å². The molecule has 3 heterocycles. The monoisotopic (exact) mass is 331 g/mol. The summed E-state index contributed by atoms with van der Waals surface area (Å²) >= 11 is 1.05. The molecule has 0 N–H and O–H groups in total. The van der Waals surface area contributed by atoms with Crippen molar-refractivity contribution in [1.29, 1.82) is 0 Å². The van der Waals surface area contributed by atoms with Crippen LogP contribution in [0.15, 0.2) is 23.7 Å². The molecule has 8 heteroatoms. The molecule has 1 atom stereocenters. The molecular weight excluding hydrogens is 315 g/mol. The van der Waals surface area contributed by atoms with E-state index in [2.05, 4.69) is 9.88 Å². The van der Waals surface area contributed by atoms with Gasteiger partial charge in [0.15, 0.2) is 5.69 Å². The predicted molar refractivity (Wildman–Crippen MR) is 76.5 cm³/mol. The number of aryl methyl sites for hydroxylation is 1. The maximum atomic E-state index is 12.6.